The van der Waals surface area contributed by atoms with Crippen LogP contribution >= 0.6 is 0 Å². The average Bonchev–Trinajstić information content (AvgIpc) is 3.66. The van der Waals surface area contributed by atoms with Crippen molar-refractivity contribution in [3.05, 3.63) is 206 Å². The molecule has 0 saturated carbocycles. The first-order chi connectivity index (χ1) is 27.2. The quantitative estimate of drug-likeness (QED) is 0.166. The van der Waals surface area contributed by atoms with Crippen LogP contribution in [0.4, 0.5) is 0 Å². The van der Waals surface area contributed by atoms with Gasteiger partial charge in [0.25, 0.3) is 0 Å². The van der Waals surface area contributed by atoms with Crippen LogP contribution in [0, 0.1) is 0 Å². The number of nitrogens with zero attached hydrogens (tertiary/aromatic N) is 2. The second kappa shape index (κ2) is 13.9. The number of benzene rings is 8. The SMILES string of the molecule is c1ccc(-c2ccc(-c3ccc(-c4nc(-c5cccc(-c6cccc(-c7ccc(-c8ccccc8)cc7)c6)c5)nc5c4oc4ccccc45)cc3)cc2)cc1. The highest BCUT2D eigenvalue weighted by Crippen LogP contribution is 2.37. The second-order valence-corrected chi connectivity index (χ2v) is 13.8. The van der Waals surface area contributed by atoms with Crippen LogP contribution in [0.5, 0.6) is 0 Å². The molecule has 0 aliphatic heterocycles. The van der Waals surface area contributed by atoms with E-state index in [1.165, 1.54) is 33.4 Å². The Labute approximate surface area is 319 Å². The van der Waals surface area contributed by atoms with Gasteiger partial charge in [-0.1, -0.05) is 182 Å². The normalized spacial score (nSPS) is 11.3. The Morgan fingerprint density at radius 3 is 1.22 bits per heavy atom. The lowest BCUT2D eigenvalue weighted by atomic mass is 9.96. The molecule has 3 heteroatoms. The van der Waals surface area contributed by atoms with Crippen LogP contribution in [-0.4, -0.2) is 9.97 Å². The van der Waals surface area contributed by atoms with Gasteiger partial charge in [-0.3, -0.25) is 0 Å². The molecule has 0 saturated heterocycles. The highest BCUT2D eigenvalue weighted by molar-refractivity contribution is 6.07. The molecule has 3 nitrogen and oxygen atoms in total. The van der Waals surface area contributed by atoms with Gasteiger partial charge in [-0.15, -0.1) is 0 Å². The number of hydrogen-bond donors (Lipinski definition) is 0. The summed E-state index contributed by atoms with van der Waals surface area (Å²) >= 11 is 0. The van der Waals surface area contributed by atoms with Gasteiger partial charge in [0.05, 0.1) is 0 Å². The number of aromatic nitrogens is 2. The Hall–Kier alpha value is -7.36. The summed E-state index contributed by atoms with van der Waals surface area (Å²) < 4.78 is 6.45. The number of furan rings is 1. The molecule has 10 aromatic rings. The summed E-state index contributed by atoms with van der Waals surface area (Å²) in [6.45, 7) is 0. The maximum Gasteiger partial charge on any atom is 0.180 e. The molecule has 2 heterocycles. The molecule has 0 spiro atoms. The van der Waals surface area contributed by atoms with Gasteiger partial charge >= 0.3 is 0 Å². The van der Waals surface area contributed by atoms with Crippen LogP contribution < -0.4 is 0 Å². The van der Waals surface area contributed by atoms with E-state index in [1.807, 2.05) is 30.3 Å². The van der Waals surface area contributed by atoms with Crippen molar-refractivity contribution in [1.82, 2.24) is 9.97 Å². The van der Waals surface area contributed by atoms with Crippen molar-refractivity contribution < 1.29 is 4.42 Å². The van der Waals surface area contributed by atoms with Crippen molar-refractivity contribution in [2.45, 2.75) is 0 Å². The van der Waals surface area contributed by atoms with Crippen LogP contribution in [0.2, 0.25) is 0 Å². The first-order valence-electron chi connectivity index (χ1n) is 18.6. The Balaban J connectivity index is 0.999. The Morgan fingerprint density at radius 1 is 0.291 bits per heavy atom. The minimum absolute atomic E-state index is 0.657. The van der Waals surface area contributed by atoms with Crippen LogP contribution in [0.15, 0.2) is 211 Å². The van der Waals surface area contributed by atoms with E-state index >= 15 is 0 Å². The fraction of sp³-hybridized carbons (Fsp3) is 0. The summed E-state index contributed by atoms with van der Waals surface area (Å²) in [4.78, 5) is 10.4. The van der Waals surface area contributed by atoms with E-state index in [9.17, 15) is 0 Å². The lowest BCUT2D eigenvalue weighted by Crippen LogP contribution is -1.94. The van der Waals surface area contributed by atoms with Crippen molar-refractivity contribution in [2.75, 3.05) is 0 Å². The molecular weight excluding hydrogens is 669 g/mol. The number of para-hydroxylation sites is 1. The average molecular weight is 703 g/mol. The van der Waals surface area contributed by atoms with E-state index < -0.39 is 0 Å². The summed E-state index contributed by atoms with van der Waals surface area (Å²) in [5.74, 6) is 0.657. The molecule has 0 fully saturated rings. The maximum atomic E-state index is 6.45. The molecule has 2 aromatic heterocycles. The van der Waals surface area contributed by atoms with Crippen LogP contribution in [0.1, 0.15) is 0 Å². The topological polar surface area (TPSA) is 38.9 Å². The molecule has 0 aliphatic rings. The highest BCUT2D eigenvalue weighted by Gasteiger charge is 2.18. The van der Waals surface area contributed by atoms with Gasteiger partial charge in [-0.2, -0.15) is 0 Å². The van der Waals surface area contributed by atoms with Crippen LogP contribution in [0.3, 0.4) is 0 Å². The largest absolute Gasteiger partial charge is 0.452 e. The molecule has 0 amide bonds. The maximum absolute atomic E-state index is 6.45. The number of fused-ring (bicyclic) bond motifs is 3. The van der Waals surface area contributed by atoms with Gasteiger partial charge in [0, 0.05) is 16.5 Å². The third-order valence-corrected chi connectivity index (χ3v) is 10.3. The summed E-state index contributed by atoms with van der Waals surface area (Å²) in [7, 11) is 0. The van der Waals surface area contributed by atoms with E-state index in [0.29, 0.717) is 11.4 Å². The Morgan fingerprint density at radius 2 is 0.673 bits per heavy atom. The molecule has 258 valence electrons. The minimum Gasteiger partial charge on any atom is -0.452 e. The first-order valence-corrected chi connectivity index (χ1v) is 18.6. The third-order valence-electron chi connectivity index (χ3n) is 10.3. The molecule has 0 aliphatic carbocycles. The molecule has 0 atom stereocenters. The zero-order valence-corrected chi connectivity index (χ0v) is 29.9. The molecule has 0 N–H and O–H groups in total. The molecule has 0 bridgehead atoms. The lowest BCUT2D eigenvalue weighted by molar-refractivity contribution is 0.667. The van der Waals surface area contributed by atoms with Crippen LogP contribution in [0.25, 0.3) is 100 Å². The van der Waals surface area contributed by atoms with E-state index in [0.717, 1.165) is 55.6 Å². The molecule has 8 aromatic carbocycles. The molecule has 0 unspecified atom stereocenters. The molecule has 0 radical (unpaired) electrons. The van der Waals surface area contributed by atoms with Crippen molar-refractivity contribution in [3.8, 4) is 78.3 Å². The summed E-state index contributed by atoms with van der Waals surface area (Å²) in [5, 5.41) is 0.972. The molecular formula is C52H34N2O. The molecule has 10 rings (SSSR count). The predicted octanol–water partition coefficient (Wildman–Crippen LogP) is 14.0. The van der Waals surface area contributed by atoms with Gasteiger partial charge in [0.2, 0.25) is 0 Å². The first kappa shape index (κ1) is 32.3. The van der Waals surface area contributed by atoms with E-state index in [2.05, 4.69) is 176 Å². The standard InChI is InChI=1S/C52H34N2O/c1-3-11-35(12-4-1)37-21-23-39(24-22-37)40-29-31-42(32-30-40)49-51-50(47-19-7-8-20-48(47)55-51)54-52(53-49)46-18-10-17-45(34-46)44-16-9-15-43(33-44)41-27-25-38(26-28-41)36-13-5-2-6-14-36/h1-34H. The highest BCUT2D eigenvalue weighted by atomic mass is 16.3. The van der Waals surface area contributed by atoms with Crippen molar-refractivity contribution in [3.63, 3.8) is 0 Å². The second-order valence-electron chi connectivity index (χ2n) is 13.8. The Kier molecular flexibility index (Phi) is 8.16. The fourth-order valence-electron chi connectivity index (χ4n) is 7.42. The smallest absolute Gasteiger partial charge is 0.180 e. The van der Waals surface area contributed by atoms with Gasteiger partial charge in [0.1, 0.15) is 16.8 Å². The van der Waals surface area contributed by atoms with E-state index in [1.54, 1.807) is 0 Å². The van der Waals surface area contributed by atoms with Crippen molar-refractivity contribution in [1.29, 1.82) is 0 Å². The van der Waals surface area contributed by atoms with Gasteiger partial charge in [0.15, 0.2) is 11.4 Å². The minimum atomic E-state index is 0.657. The summed E-state index contributed by atoms with van der Waals surface area (Å²) in [6, 6.07) is 72.4. The summed E-state index contributed by atoms with van der Waals surface area (Å²) in [5.41, 5.74) is 16.7. The van der Waals surface area contributed by atoms with Gasteiger partial charge in [-0.05, 0) is 79.9 Å². The molecule has 55 heavy (non-hydrogen) atoms. The van der Waals surface area contributed by atoms with Crippen molar-refractivity contribution >= 4 is 22.1 Å². The monoisotopic (exact) mass is 702 g/mol. The lowest BCUT2D eigenvalue weighted by Gasteiger charge is -2.10. The zero-order chi connectivity index (χ0) is 36.6. The third kappa shape index (κ3) is 6.28. The van der Waals surface area contributed by atoms with Crippen molar-refractivity contribution in [2.24, 2.45) is 0 Å². The summed E-state index contributed by atoms with van der Waals surface area (Å²) in [6.07, 6.45) is 0. The number of hydrogen-bond acceptors (Lipinski definition) is 3. The fourth-order valence-corrected chi connectivity index (χ4v) is 7.42. The van der Waals surface area contributed by atoms with E-state index in [4.69, 9.17) is 14.4 Å². The van der Waals surface area contributed by atoms with Gasteiger partial charge < -0.3 is 4.42 Å². The van der Waals surface area contributed by atoms with E-state index in [-0.39, 0.29) is 0 Å². The Bertz CT molecular complexity index is 2930. The number of rotatable bonds is 7. The van der Waals surface area contributed by atoms with Crippen LogP contribution in [-0.2, 0) is 0 Å². The predicted molar refractivity (Wildman–Crippen MR) is 227 cm³/mol. The van der Waals surface area contributed by atoms with Gasteiger partial charge in [-0.25, -0.2) is 9.97 Å². The zero-order valence-electron chi connectivity index (χ0n) is 29.9.